The maximum Gasteiger partial charge on any atom is 0.300 e. The van der Waals surface area contributed by atoms with Crippen LogP contribution >= 0.6 is 11.3 Å². The Hall–Kier alpha value is -3.94. The van der Waals surface area contributed by atoms with Gasteiger partial charge in [0.15, 0.2) is 16.6 Å². The van der Waals surface area contributed by atoms with Crippen molar-refractivity contribution in [3.05, 3.63) is 47.2 Å². The van der Waals surface area contributed by atoms with Crippen molar-refractivity contribution in [1.82, 2.24) is 29.9 Å². The molecule has 10 nitrogen and oxygen atoms in total. The number of likely N-dealkylation sites (tertiary alicyclic amines) is 1. The number of rotatable bonds is 6. The Kier molecular flexibility index (Phi) is 5.70. The van der Waals surface area contributed by atoms with E-state index in [-0.39, 0.29) is 12.5 Å². The first-order valence-electron chi connectivity index (χ1n) is 10.9. The van der Waals surface area contributed by atoms with Crippen molar-refractivity contribution in [2.24, 2.45) is 0 Å². The largest absolute Gasteiger partial charge is 0.331 e. The highest BCUT2D eigenvalue weighted by atomic mass is 32.1. The van der Waals surface area contributed by atoms with Crippen molar-refractivity contribution >= 4 is 50.7 Å². The van der Waals surface area contributed by atoms with Gasteiger partial charge in [-0.2, -0.15) is 10.2 Å². The Morgan fingerprint density at radius 2 is 2.00 bits per heavy atom. The Morgan fingerprint density at radius 1 is 1.19 bits per heavy atom. The van der Waals surface area contributed by atoms with E-state index in [0.717, 1.165) is 39.6 Å². The van der Waals surface area contributed by atoms with Crippen LogP contribution in [0, 0.1) is 6.92 Å². The van der Waals surface area contributed by atoms with E-state index < -0.39 is 30.6 Å². The Balaban J connectivity index is 1.21. The molecule has 0 spiro atoms. The summed E-state index contributed by atoms with van der Waals surface area (Å²) in [6, 6.07) is 5.32. The first-order chi connectivity index (χ1) is 17.0. The first kappa shape index (κ1) is 23.8. The van der Waals surface area contributed by atoms with Gasteiger partial charge in [0.2, 0.25) is 5.91 Å². The summed E-state index contributed by atoms with van der Waals surface area (Å²) in [5.41, 5.74) is -0.429. The van der Waals surface area contributed by atoms with E-state index in [2.05, 4.69) is 30.9 Å². The standard InChI is InChI=1S/C22H21F3N8O2S/c1-12-3-4-14-13(7-27-30-14)18(12)29-19(35)15-8-26-20(36-15)28-16-5-6-33(31-16)9-17(34)32-10-21(2,23)22(24,25)11-32/h3-8H,9-11H2,1-2H3,(H,27,30)(H,29,35)(H,26,28,31). The quantitative estimate of drug-likeness (QED) is 0.358. The molecule has 1 fully saturated rings. The van der Waals surface area contributed by atoms with Crippen molar-refractivity contribution in [1.29, 1.82) is 0 Å². The van der Waals surface area contributed by atoms with E-state index in [9.17, 15) is 22.8 Å². The van der Waals surface area contributed by atoms with Crippen LogP contribution in [0.15, 0.2) is 36.8 Å². The fourth-order valence-corrected chi connectivity index (χ4v) is 4.60. The van der Waals surface area contributed by atoms with Crippen LogP contribution in [-0.4, -0.2) is 66.4 Å². The van der Waals surface area contributed by atoms with Gasteiger partial charge in [-0.1, -0.05) is 17.4 Å². The first-order valence-corrected chi connectivity index (χ1v) is 11.7. The van der Waals surface area contributed by atoms with Gasteiger partial charge in [0, 0.05) is 17.6 Å². The lowest BCUT2D eigenvalue weighted by Gasteiger charge is -2.19. The summed E-state index contributed by atoms with van der Waals surface area (Å²) < 4.78 is 42.7. The minimum absolute atomic E-state index is 0.321. The molecule has 36 heavy (non-hydrogen) atoms. The fourth-order valence-electron chi connectivity index (χ4n) is 3.88. The van der Waals surface area contributed by atoms with Crippen LogP contribution in [0.25, 0.3) is 10.9 Å². The molecule has 1 atom stereocenters. The van der Waals surface area contributed by atoms with Gasteiger partial charge in [0.25, 0.3) is 11.8 Å². The lowest BCUT2D eigenvalue weighted by Crippen LogP contribution is -2.39. The van der Waals surface area contributed by atoms with Crippen molar-refractivity contribution < 1.29 is 22.8 Å². The van der Waals surface area contributed by atoms with Gasteiger partial charge in [-0.15, -0.1) is 0 Å². The number of H-pyrrole nitrogens is 1. The molecular formula is C22H21F3N8O2S. The number of carbonyl (C=O) groups excluding carboxylic acids is 2. The molecule has 188 valence electrons. The minimum atomic E-state index is -3.60. The van der Waals surface area contributed by atoms with Crippen LogP contribution in [0.4, 0.5) is 29.8 Å². The molecule has 0 aliphatic carbocycles. The van der Waals surface area contributed by atoms with Gasteiger partial charge < -0.3 is 15.5 Å². The molecule has 1 aliphatic heterocycles. The summed E-state index contributed by atoms with van der Waals surface area (Å²) >= 11 is 1.10. The van der Waals surface area contributed by atoms with Crippen LogP contribution in [0.5, 0.6) is 0 Å². The minimum Gasteiger partial charge on any atom is -0.331 e. The molecule has 4 aromatic rings. The summed E-state index contributed by atoms with van der Waals surface area (Å²) in [6.45, 7) is 0.706. The number of nitrogens with zero attached hydrogens (tertiary/aromatic N) is 5. The number of aryl methyl sites for hydroxylation is 1. The molecule has 3 aromatic heterocycles. The topological polar surface area (TPSA) is 121 Å². The predicted molar refractivity (Wildman–Crippen MR) is 127 cm³/mol. The third-order valence-electron chi connectivity index (χ3n) is 5.97. The number of hydrogen-bond acceptors (Lipinski definition) is 7. The van der Waals surface area contributed by atoms with E-state index in [1.54, 1.807) is 12.3 Å². The van der Waals surface area contributed by atoms with Crippen LogP contribution in [0.1, 0.15) is 22.2 Å². The number of aromatic nitrogens is 5. The molecule has 0 radical (unpaired) electrons. The number of aromatic amines is 1. The highest BCUT2D eigenvalue weighted by molar-refractivity contribution is 7.17. The number of fused-ring (bicyclic) bond motifs is 1. The lowest BCUT2D eigenvalue weighted by molar-refractivity contribution is -0.132. The average Bonchev–Trinajstić information content (AvgIpc) is 3.58. The number of carbonyl (C=O) groups is 2. The molecule has 0 saturated carbocycles. The van der Waals surface area contributed by atoms with Gasteiger partial charge in [-0.3, -0.25) is 19.4 Å². The molecule has 14 heteroatoms. The van der Waals surface area contributed by atoms with E-state index in [4.69, 9.17) is 0 Å². The molecule has 2 amide bonds. The van der Waals surface area contributed by atoms with Gasteiger partial charge in [-0.05, 0) is 25.5 Å². The van der Waals surface area contributed by atoms with Crippen molar-refractivity contribution in [3.63, 3.8) is 0 Å². The highest BCUT2D eigenvalue weighted by Crippen LogP contribution is 2.39. The molecule has 1 unspecified atom stereocenters. The number of alkyl halides is 3. The van der Waals surface area contributed by atoms with Crippen LogP contribution in [0.2, 0.25) is 0 Å². The number of benzene rings is 1. The predicted octanol–water partition coefficient (Wildman–Crippen LogP) is 3.73. The SMILES string of the molecule is Cc1ccc2[nH]ncc2c1NC(=O)c1cnc(Nc2ccn(CC(=O)N3CC(C)(F)C(F)(F)C3)n2)s1. The third kappa shape index (κ3) is 4.39. The molecule has 4 heterocycles. The summed E-state index contributed by atoms with van der Waals surface area (Å²) in [5.74, 6) is -4.26. The molecule has 1 saturated heterocycles. The van der Waals surface area contributed by atoms with Crippen LogP contribution < -0.4 is 10.6 Å². The van der Waals surface area contributed by atoms with Gasteiger partial charge in [0.1, 0.15) is 11.4 Å². The van der Waals surface area contributed by atoms with Crippen molar-refractivity contribution in [2.75, 3.05) is 23.7 Å². The molecule has 5 rings (SSSR count). The number of nitrogens with one attached hydrogen (secondary N) is 3. The number of anilines is 3. The number of hydrogen-bond donors (Lipinski definition) is 3. The second-order valence-electron chi connectivity index (χ2n) is 8.75. The van der Waals surface area contributed by atoms with Gasteiger partial charge in [-0.25, -0.2) is 18.2 Å². The van der Waals surface area contributed by atoms with Crippen molar-refractivity contribution in [2.45, 2.75) is 32.0 Å². The Morgan fingerprint density at radius 3 is 2.75 bits per heavy atom. The molecule has 3 N–H and O–H groups in total. The zero-order chi connectivity index (χ0) is 25.7. The maximum absolute atomic E-state index is 14.0. The van der Waals surface area contributed by atoms with E-state index in [0.29, 0.717) is 21.5 Å². The zero-order valence-corrected chi connectivity index (χ0v) is 20.0. The normalized spacial score (nSPS) is 19.1. The second-order valence-corrected chi connectivity index (χ2v) is 9.78. The van der Waals surface area contributed by atoms with E-state index in [1.807, 2.05) is 19.1 Å². The monoisotopic (exact) mass is 518 g/mol. The second kappa shape index (κ2) is 8.62. The molecule has 1 aliphatic rings. The number of halogens is 3. The van der Waals surface area contributed by atoms with Crippen LogP contribution in [0.3, 0.4) is 0 Å². The smallest absolute Gasteiger partial charge is 0.300 e. The summed E-state index contributed by atoms with van der Waals surface area (Å²) in [5, 5.41) is 18.1. The zero-order valence-electron chi connectivity index (χ0n) is 19.2. The number of amides is 2. The molecular weight excluding hydrogens is 497 g/mol. The Labute approximate surface area is 206 Å². The Bertz CT molecular complexity index is 1440. The fraction of sp³-hybridized carbons (Fsp3) is 0.318. The highest BCUT2D eigenvalue weighted by Gasteiger charge is 2.59. The third-order valence-corrected chi connectivity index (χ3v) is 6.88. The molecule has 1 aromatic carbocycles. The molecule has 0 bridgehead atoms. The number of thiazole rings is 1. The average molecular weight is 519 g/mol. The lowest BCUT2D eigenvalue weighted by atomic mass is 10.1. The summed E-state index contributed by atoms with van der Waals surface area (Å²) in [7, 11) is 0. The summed E-state index contributed by atoms with van der Waals surface area (Å²) in [6.07, 6.45) is 4.55. The van der Waals surface area contributed by atoms with Crippen molar-refractivity contribution in [3.8, 4) is 0 Å². The van der Waals surface area contributed by atoms with Gasteiger partial charge in [0.05, 0.1) is 36.7 Å². The van der Waals surface area contributed by atoms with Crippen LogP contribution in [-0.2, 0) is 11.3 Å². The maximum atomic E-state index is 14.0. The van der Waals surface area contributed by atoms with E-state index in [1.165, 1.54) is 17.1 Å². The van der Waals surface area contributed by atoms with E-state index >= 15 is 0 Å². The van der Waals surface area contributed by atoms with Gasteiger partial charge >= 0.3 is 0 Å². The summed E-state index contributed by atoms with van der Waals surface area (Å²) in [4.78, 5) is 30.5.